The molecule has 3 nitrogen and oxygen atoms in total. The van der Waals surface area contributed by atoms with Crippen molar-refractivity contribution >= 4 is 50.7 Å². The summed E-state index contributed by atoms with van der Waals surface area (Å²) in [6.07, 6.45) is 3.23. The van der Waals surface area contributed by atoms with Crippen LogP contribution >= 0.6 is 22.9 Å². The SMILES string of the molecule is COc1ccc(NC(=O)/C=C/c2sc3ccccc3c2Cl)cc1. The Labute approximate surface area is 143 Å². The molecule has 0 aliphatic rings. The smallest absolute Gasteiger partial charge is 0.248 e. The van der Waals surface area contributed by atoms with Crippen LogP contribution in [0.4, 0.5) is 5.69 Å². The molecule has 1 N–H and O–H groups in total. The van der Waals surface area contributed by atoms with Gasteiger partial charge < -0.3 is 10.1 Å². The van der Waals surface area contributed by atoms with E-state index in [0.717, 1.165) is 20.7 Å². The number of carbonyl (C=O) groups excluding carboxylic acids is 1. The van der Waals surface area contributed by atoms with E-state index in [1.54, 1.807) is 48.8 Å². The largest absolute Gasteiger partial charge is 0.497 e. The number of anilines is 1. The van der Waals surface area contributed by atoms with Gasteiger partial charge in [-0.25, -0.2) is 0 Å². The zero-order valence-electron chi connectivity index (χ0n) is 12.4. The number of hydrogen-bond donors (Lipinski definition) is 1. The quantitative estimate of drug-likeness (QED) is 0.660. The molecule has 1 heterocycles. The fourth-order valence-corrected chi connectivity index (χ4v) is 3.55. The number of thiophene rings is 1. The zero-order chi connectivity index (χ0) is 16.2. The molecule has 5 heteroatoms. The third-order valence-corrected chi connectivity index (χ3v) is 4.96. The Kier molecular flexibility index (Phi) is 4.65. The Bertz CT molecular complexity index is 868. The van der Waals surface area contributed by atoms with Crippen molar-refractivity contribution in [3.63, 3.8) is 0 Å². The van der Waals surface area contributed by atoms with E-state index in [0.29, 0.717) is 10.7 Å². The van der Waals surface area contributed by atoms with Crippen molar-refractivity contribution < 1.29 is 9.53 Å². The van der Waals surface area contributed by atoms with E-state index in [4.69, 9.17) is 16.3 Å². The third-order valence-electron chi connectivity index (χ3n) is 3.30. The van der Waals surface area contributed by atoms with Gasteiger partial charge in [0.25, 0.3) is 0 Å². The van der Waals surface area contributed by atoms with Gasteiger partial charge in [-0.3, -0.25) is 4.79 Å². The summed E-state index contributed by atoms with van der Waals surface area (Å²) >= 11 is 7.91. The minimum absolute atomic E-state index is 0.205. The average Bonchev–Trinajstić information content (AvgIpc) is 2.90. The molecule has 1 aromatic heterocycles. The number of halogens is 1. The second-order valence-corrected chi connectivity index (χ2v) is 6.29. The highest BCUT2D eigenvalue weighted by atomic mass is 35.5. The van der Waals surface area contributed by atoms with Crippen LogP contribution in [0.25, 0.3) is 16.2 Å². The molecular formula is C18H14ClNO2S. The first kappa shape index (κ1) is 15.6. The lowest BCUT2D eigenvalue weighted by Crippen LogP contribution is -2.07. The molecule has 0 bridgehead atoms. The Morgan fingerprint density at radius 2 is 1.91 bits per heavy atom. The first-order valence-electron chi connectivity index (χ1n) is 6.97. The lowest BCUT2D eigenvalue weighted by Gasteiger charge is -2.03. The molecule has 0 fully saturated rings. The van der Waals surface area contributed by atoms with Crippen molar-refractivity contribution in [2.24, 2.45) is 0 Å². The van der Waals surface area contributed by atoms with Crippen molar-refractivity contribution in [2.45, 2.75) is 0 Å². The monoisotopic (exact) mass is 343 g/mol. The van der Waals surface area contributed by atoms with Crippen molar-refractivity contribution in [3.8, 4) is 5.75 Å². The van der Waals surface area contributed by atoms with Gasteiger partial charge in [0, 0.05) is 26.7 Å². The number of amides is 1. The summed E-state index contributed by atoms with van der Waals surface area (Å²) < 4.78 is 6.19. The van der Waals surface area contributed by atoms with Crippen molar-refractivity contribution in [3.05, 3.63) is 64.5 Å². The number of hydrogen-bond acceptors (Lipinski definition) is 3. The van der Waals surface area contributed by atoms with Gasteiger partial charge in [0.05, 0.1) is 12.1 Å². The summed E-state index contributed by atoms with van der Waals surface area (Å²) in [5.41, 5.74) is 0.711. The Morgan fingerprint density at radius 3 is 2.61 bits per heavy atom. The van der Waals surface area contributed by atoms with E-state index in [1.165, 1.54) is 6.08 Å². The number of benzene rings is 2. The molecule has 0 saturated carbocycles. The highest BCUT2D eigenvalue weighted by Crippen LogP contribution is 2.35. The number of methoxy groups -OCH3 is 1. The van der Waals surface area contributed by atoms with Gasteiger partial charge in [-0.15, -0.1) is 11.3 Å². The van der Waals surface area contributed by atoms with Crippen LogP contribution in [0.3, 0.4) is 0 Å². The molecule has 23 heavy (non-hydrogen) atoms. The predicted molar refractivity (Wildman–Crippen MR) is 97.5 cm³/mol. The molecule has 0 saturated heterocycles. The van der Waals surface area contributed by atoms with Crippen molar-refractivity contribution in [1.82, 2.24) is 0 Å². The second-order valence-electron chi connectivity index (χ2n) is 4.83. The molecule has 116 valence electrons. The maximum Gasteiger partial charge on any atom is 0.248 e. The Morgan fingerprint density at radius 1 is 1.17 bits per heavy atom. The van der Waals surface area contributed by atoms with E-state index in [9.17, 15) is 4.79 Å². The maximum absolute atomic E-state index is 12.0. The first-order valence-corrected chi connectivity index (χ1v) is 8.17. The fraction of sp³-hybridized carbons (Fsp3) is 0.0556. The molecule has 0 radical (unpaired) electrons. The minimum Gasteiger partial charge on any atom is -0.497 e. The van der Waals surface area contributed by atoms with E-state index < -0.39 is 0 Å². The van der Waals surface area contributed by atoms with Gasteiger partial charge >= 0.3 is 0 Å². The number of fused-ring (bicyclic) bond motifs is 1. The van der Waals surface area contributed by atoms with Crippen molar-refractivity contribution in [2.75, 3.05) is 12.4 Å². The minimum atomic E-state index is -0.205. The van der Waals surface area contributed by atoms with Gasteiger partial charge in [-0.2, -0.15) is 0 Å². The van der Waals surface area contributed by atoms with E-state index >= 15 is 0 Å². The molecule has 0 spiro atoms. The summed E-state index contributed by atoms with van der Waals surface area (Å²) in [7, 11) is 1.60. The van der Waals surface area contributed by atoms with Crippen LogP contribution < -0.4 is 10.1 Å². The Hall–Kier alpha value is -2.30. The van der Waals surface area contributed by atoms with Crippen LogP contribution in [-0.2, 0) is 4.79 Å². The number of carbonyl (C=O) groups is 1. The lowest BCUT2D eigenvalue weighted by molar-refractivity contribution is -0.111. The van der Waals surface area contributed by atoms with Crippen LogP contribution in [0.1, 0.15) is 4.88 Å². The van der Waals surface area contributed by atoms with Gasteiger partial charge in [0.1, 0.15) is 5.75 Å². The van der Waals surface area contributed by atoms with E-state index in [2.05, 4.69) is 5.32 Å². The van der Waals surface area contributed by atoms with Crippen LogP contribution in [0, 0.1) is 0 Å². The maximum atomic E-state index is 12.0. The first-order chi connectivity index (χ1) is 11.2. The van der Waals surface area contributed by atoms with Gasteiger partial charge in [-0.1, -0.05) is 29.8 Å². The number of ether oxygens (including phenoxy) is 1. The summed E-state index contributed by atoms with van der Waals surface area (Å²) in [5, 5.41) is 4.49. The second kappa shape index (κ2) is 6.86. The van der Waals surface area contributed by atoms with Crippen LogP contribution in [-0.4, -0.2) is 13.0 Å². The molecule has 2 aromatic carbocycles. The standard InChI is InChI=1S/C18H14ClNO2S/c1-22-13-8-6-12(7-9-13)20-17(21)11-10-16-18(19)14-4-2-3-5-15(14)23-16/h2-11H,1H3,(H,20,21)/b11-10+. The van der Waals surface area contributed by atoms with Crippen molar-refractivity contribution in [1.29, 1.82) is 0 Å². The topological polar surface area (TPSA) is 38.3 Å². The molecule has 0 aliphatic carbocycles. The third kappa shape index (κ3) is 3.55. The van der Waals surface area contributed by atoms with Gasteiger partial charge in [0.2, 0.25) is 5.91 Å². The predicted octanol–water partition coefficient (Wildman–Crippen LogP) is 5.22. The lowest BCUT2D eigenvalue weighted by atomic mass is 10.2. The molecule has 3 aromatic rings. The number of nitrogens with one attached hydrogen (secondary N) is 1. The highest BCUT2D eigenvalue weighted by molar-refractivity contribution is 7.20. The molecule has 3 rings (SSSR count). The molecule has 0 unspecified atom stereocenters. The molecule has 0 aliphatic heterocycles. The van der Waals surface area contributed by atoms with E-state index in [-0.39, 0.29) is 5.91 Å². The summed E-state index contributed by atoms with van der Waals surface area (Å²) in [6.45, 7) is 0. The molecular weight excluding hydrogens is 330 g/mol. The normalized spacial score (nSPS) is 11.0. The number of rotatable bonds is 4. The highest BCUT2D eigenvalue weighted by Gasteiger charge is 2.07. The summed E-state index contributed by atoms with van der Waals surface area (Å²) in [5.74, 6) is 0.541. The average molecular weight is 344 g/mol. The van der Waals surface area contributed by atoms with Crippen LogP contribution in [0.2, 0.25) is 5.02 Å². The van der Waals surface area contributed by atoms with Gasteiger partial charge in [0.15, 0.2) is 0 Å². The summed E-state index contributed by atoms with van der Waals surface area (Å²) in [6, 6.07) is 15.1. The summed E-state index contributed by atoms with van der Waals surface area (Å²) in [4.78, 5) is 12.9. The van der Waals surface area contributed by atoms with Crippen LogP contribution in [0.5, 0.6) is 5.75 Å². The van der Waals surface area contributed by atoms with E-state index in [1.807, 2.05) is 24.3 Å². The van der Waals surface area contributed by atoms with Gasteiger partial charge in [-0.05, 0) is 36.4 Å². The van der Waals surface area contributed by atoms with Crippen LogP contribution in [0.15, 0.2) is 54.6 Å². The molecule has 1 amide bonds. The fourth-order valence-electron chi connectivity index (χ4n) is 2.15. The Balaban J connectivity index is 1.73. The zero-order valence-corrected chi connectivity index (χ0v) is 13.9. The molecule has 0 atom stereocenters.